The SMILES string of the molecule is C=CCC(C)C(=CC=Cc1ccccc1)C(CC=C)C(C)=CC=Cc1ccccc1. The van der Waals surface area contributed by atoms with Crippen molar-refractivity contribution in [3.8, 4) is 0 Å². The van der Waals surface area contributed by atoms with Crippen molar-refractivity contribution < 1.29 is 0 Å². The second-order valence-corrected chi connectivity index (χ2v) is 7.62. The molecule has 2 unspecified atom stereocenters. The average molecular weight is 395 g/mol. The van der Waals surface area contributed by atoms with Crippen LogP contribution in [0.15, 0.2) is 121 Å². The Kier molecular flexibility index (Phi) is 10.2. The highest BCUT2D eigenvalue weighted by Crippen LogP contribution is 2.32. The van der Waals surface area contributed by atoms with E-state index in [-0.39, 0.29) is 0 Å². The fraction of sp³-hybridized carbons (Fsp3) is 0.200. The Morgan fingerprint density at radius 3 is 1.77 bits per heavy atom. The summed E-state index contributed by atoms with van der Waals surface area (Å²) in [5.41, 5.74) is 5.19. The van der Waals surface area contributed by atoms with Gasteiger partial charge in [-0.3, -0.25) is 0 Å². The Bertz CT molecular complexity index is 892. The van der Waals surface area contributed by atoms with Gasteiger partial charge in [0.2, 0.25) is 0 Å². The van der Waals surface area contributed by atoms with E-state index >= 15 is 0 Å². The van der Waals surface area contributed by atoms with E-state index in [4.69, 9.17) is 0 Å². The molecule has 0 heterocycles. The molecule has 0 aliphatic carbocycles. The lowest BCUT2D eigenvalue weighted by Crippen LogP contribution is -2.12. The van der Waals surface area contributed by atoms with Crippen molar-refractivity contribution in [2.45, 2.75) is 26.7 Å². The molecule has 0 saturated heterocycles. The van der Waals surface area contributed by atoms with E-state index < -0.39 is 0 Å². The molecule has 2 atom stereocenters. The van der Waals surface area contributed by atoms with Gasteiger partial charge in [-0.05, 0) is 36.8 Å². The third kappa shape index (κ3) is 7.72. The lowest BCUT2D eigenvalue weighted by atomic mass is 9.80. The highest BCUT2D eigenvalue weighted by molar-refractivity contribution is 5.52. The van der Waals surface area contributed by atoms with E-state index in [1.54, 1.807) is 0 Å². The molecule has 154 valence electrons. The van der Waals surface area contributed by atoms with E-state index in [0.717, 1.165) is 12.8 Å². The predicted molar refractivity (Wildman–Crippen MR) is 135 cm³/mol. The summed E-state index contributed by atoms with van der Waals surface area (Å²) in [5, 5.41) is 0. The zero-order valence-electron chi connectivity index (χ0n) is 18.4. The van der Waals surface area contributed by atoms with Crippen LogP contribution in [0.2, 0.25) is 0 Å². The summed E-state index contributed by atoms with van der Waals surface area (Å²) in [7, 11) is 0. The van der Waals surface area contributed by atoms with Crippen LogP contribution in [0.25, 0.3) is 12.2 Å². The molecule has 0 bridgehead atoms. The van der Waals surface area contributed by atoms with Gasteiger partial charge in [0.1, 0.15) is 0 Å². The summed E-state index contributed by atoms with van der Waals surface area (Å²) in [6.45, 7) is 12.5. The fourth-order valence-electron chi connectivity index (χ4n) is 3.59. The smallest absolute Gasteiger partial charge is 0.00476 e. The van der Waals surface area contributed by atoms with Gasteiger partial charge in [-0.25, -0.2) is 0 Å². The van der Waals surface area contributed by atoms with Crippen molar-refractivity contribution in [3.05, 3.63) is 133 Å². The van der Waals surface area contributed by atoms with Gasteiger partial charge in [0.25, 0.3) is 0 Å². The molecule has 0 aromatic heterocycles. The van der Waals surface area contributed by atoms with Gasteiger partial charge in [0.05, 0.1) is 0 Å². The molecular formula is C30H34. The van der Waals surface area contributed by atoms with Crippen molar-refractivity contribution in [1.82, 2.24) is 0 Å². The van der Waals surface area contributed by atoms with Gasteiger partial charge in [-0.15, -0.1) is 13.2 Å². The second-order valence-electron chi connectivity index (χ2n) is 7.62. The van der Waals surface area contributed by atoms with Crippen LogP contribution in [0.5, 0.6) is 0 Å². The summed E-state index contributed by atoms with van der Waals surface area (Å²) in [4.78, 5) is 0. The first-order valence-corrected chi connectivity index (χ1v) is 10.7. The van der Waals surface area contributed by atoms with Gasteiger partial charge in [-0.2, -0.15) is 0 Å². The molecule has 0 heteroatoms. The minimum absolute atomic E-state index is 0.332. The van der Waals surface area contributed by atoms with E-state index in [1.807, 2.05) is 24.3 Å². The highest BCUT2D eigenvalue weighted by Gasteiger charge is 2.19. The van der Waals surface area contributed by atoms with E-state index in [9.17, 15) is 0 Å². The Morgan fingerprint density at radius 2 is 1.27 bits per heavy atom. The van der Waals surface area contributed by atoms with Gasteiger partial charge < -0.3 is 0 Å². The number of hydrogen-bond acceptors (Lipinski definition) is 0. The first-order chi connectivity index (χ1) is 14.7. The lowest BCUT2D eigenvalue weighted by Gasteiger charge is -2.25. The molecule has 0 aliphatic rings. The molecule has 2 aromatic carbocycles. The molecule has 0 nitrogen and oxygen atoms in total. The molecule has 0 radical (unpaired) electrons. The van der Waals surface area contributed by atoms with Gasteiger partial charge in [-0.1, -0.05) is 127 Å². The first-order valence-electron chi connectivity index (χ1n) is 10.7. The molecule has 0 fully saturated rings. The van der Waals surface area contributed by atoms with Crippen molar-refractivity contribution >= 4 is 12.2 Å². The van der Waals surface area contributed by atoms with Crippen molar-refractivity contribution in [2.24, 2.45) is 11.8 Å². The minimum Gasteiger partial charge on any atom is -0.103 e. The number of benzene rings is 2. The molecule has 0 spiro atoms. The second kappa shape index (κ2) is 13.2. The summed E-state index contributed by atoms with van der Waals surface area (Å²) < 4.78 is 0. The Hall–Kier alpha value is -3.12. The predicted octanol–water partition coefficient (Wildman–Crippen LogP) is 8.69. The van der Waals surface area contributed by atoms with Crippen molar-refractivity contribution in [1.29, 1.82) is 0 Å². The molecule has 0 amide bonds. The van der Waals surface area contributed by atoms with Crippen LogP contribution in [0.4, 0.5) is 0 Å². The minimum atomic E-state index is 0.332. The van der Waals surface area contributed by atoms with E-state index in [0.29, 0.717) is 11.8 Å². The zero-order chi connectivity index (χ0) is 21.6. The summed E-state index contributed by atoms with van der Waals surface area (Å²) in [6, 6.07) is 20.8. The van der Waals surface area contributed by atoms with Crippen molar-refractivity contribution in [3.63, 3.8) is 0 Å². The highest BCUT2D eigenvalue weighted by atomic mass is 14.2. The largest absolute Gasteiger partial charge is 0.103 e. The first kappa shape index (κ1) is 23.2. The summed E-state index contributed by atoms with van der Waals surface area (Å²) in [5.74, 6) is 0.757. The van der Waals surface area contributed by atoms with Gasteiger partial charge in [0, 0.05) is 5.92 Å². The normalized spacial score (nSPS) is 14.7. The van der Waals surface area contributed by atoms with Gasteiger partial charge >= 0.3 is 0 Å². The molecule has 0 aliphatic heterocycles. The van der Waals surface area contributed by atoms with Crippen molar-refractivity contribution in [2.75, 3.05) is 0 Å². The van der Waals surface area contributed by atoms with E-state index in [2.05, 4.69) is 112 Å². The average Bonchev–Trinajstić information content (AvgIpc) is 2.77. The third-order valence-corrected chi connectivity index (χ3v) is 5.27. The van der Waals surface area contributed by atoms with Crippen LogP contribution >= 0.6 is 0 Å². The molecule has 0 saturated carbocycles. The van der Waals surface area contributed by atoms with Gasteiger partial charge in [0.15, 0.2) is 0 Å². The Labute approximate surface area is 183 Å². The maximum Gasteiger partial charge on any atom is 0.00476 e. The van der Waals surface area contributed by atoms with Crippen LogP contribution in [-0.2, 0) is 0 Å². The number of allylic oxidation sites excluding steroid dienone is 8. The topological polar surface area (TPSA) is 0 Å². The quantitative estimate of drug-likeness (QED) is 0.264. The van der Waals surface area contributed by atoms with Crippen LogP contribution in [0, 0.1) is 11.8 Å². The van der Waals surface area contributed by atoms with Crippen LogP contribution in [-0.4, -0.2) is 0 Å². The fourth-order valence-corrected chi connectivity index (χ4v) is 3.59. The van der Waals surface area contributed by atoms with Crippen LogP contribution in [0.3, 0.4) is 0 Å². The molecular weight excluding hydrogens is 360 g/mol. The summed E-state index contributed by atoms with van der Waals surface area (Å²) >= 11 is 0. The molecule has 2 aromatic rings. The summed E-state index contributed by atoms with van der Waals surface area (Å²) in [6.07, 6.45) is 19.1. The molecule has 2 rings (SSSR count). The Morgan fingerprint density at radius 1 is 0.767 bits per heavy atom. The zero-order valence-corrected chi connectivity index (χ0v) is 18.4. The van der Waals surface area contributed by atoms with E-state index in [1.165, 1.54) is 22.3 Å². The van der Waals surface area contributed by atoms with Crippen LogP contribution < -0.4 is 0 Å². The third-order valence-electron chi connectivity index (χ3n) is 5.27. The molecule has 30 heavy (non-hydrogen) atoms. The maximum absolute atomic E-state index is 4.02. The number of hydrogen-bond donors (Lipinski definition) is 0. The maximum atomic E-state index is 4.02. The Balaban J connectivity index is 2.29. The standard InChI is InChI=1S/C30H34/c1-5-15-25(3)30(24-14-23-28-20-11-8-12-21-28)29(16-6-2)26(4)17-13-22-27-18-9-7-10-19-27/h5-14,17-25,29H,1-2,15-16H2,3-4H3. The number of rotatable bonds is 11. The monoisotopic (exact) mass is 394 g/mol. The van der Waals surface area contributed by atoms with Crippen LogP contribution in [0.1, 0.15) is 37.8 Å². The lowest BCUT2D eigenvalue weighted by molar-refractivity contribution is 0.579. The molecule has 0 N–H and O–H groups in total.